The van der Waals surface area contributed by atoms with Crippen LogP contribution < -0.4 is 10.2 Å². The van der Waals surface area contributed by atoms with Gasteiger partial charge in [-0.3, -0.25) is 4.90 Å². The van der Waals surface area contributed by atoms with Crippen molar-refractivity contribution in [3.8, 4) is 0 Å². The van der Waals surface area contributed by atoms with Gasteiger partial charge in [0.15, 0.2) is 1.41 Å². The Balaban J connectivity index is 0.00000461. The summed E-state index contributed by atoms with van der Waals surface area (Å²) in [5.41, 5.74) is -1.13. The van der Waals surface area contributed by atoms with Gasteiger partial charge in [-0.1, -0.05) is 12.1 Å². The molecule has 3 heterocycles. The van der Waals surface area contributed by atoms with Gasteiger partial charge in [-0.25, -0.2) is 4.39 Å². The zero-order valence-electron chi connectivity index (χ0n) is 28.7. The van der Waals surface area contributed by atoms with E-state index in [1.165, 1.54) is 12.1 Å². The van der Waals surface area contributed by atoms with Crippen molar-refractivity contribution in [2.45, 2.75) is 50.3 Å². The summed E-state index contributed by atoms with van der Waals surface area (Å²) in [4.78, 5) is 2.52. The summed E-state index contributed by atoms with van der Waals surface area (Å²) in [5, 5.41) is 0.0134. The van der Waals surface area contributed by atoms with Crippen LogP contribution >= 0.6 is 12.4 Å². The highest BCUT2D eigenvalue weighted by atomic mass is 35.5. The summed E-state index contributed by atoms with van der Waals surface area (Å²) in [7, 11) is 0. The highest BCUT2D eigenvalue weighted by Crippen LogP contribution is 2.40. The lowest BCUT2D eigenvalue weighted by atomic mass is 9.90. The van der Waals surface area contributed by atoms with Crippen molar-refractivity contribution in [2.24, 2.45) is 5.89 Å². The Morgan fingerprint density at radius 3 is 2.34 bits per heavy atom. The summed E-state index contributed by atoms with van der Waals surface area (Å²) >= 11 is 0. The first-order valence-corrected chi connectivity index (χ1v) is 11.0. The van der Waals surface area contributed by atoms with Crippen LogP contribution in [0.2, 0.25) is 1.41 Å². The first kappa shape index (κ1) is 15.9. The van der Waals surface area contributed by atoms with E-state index in [0.717, 1.165) is 35.2 Å². The summed E-state index contributed by atoms with van der Waals surface area (Å²) < 4.78 is 149. The summed E-state index contributed by atoms with van der Waals surface area (Å²) in [6.45, 7) is -2.60. The Labute approximate surface area is 224 Å². The van der Waals surface area contributed by atoms with Gasteiger partial charge in [0.25, 0.3) is 0 Å². The molecule has 4 nitrogen and oxygen atoms in total. The fraction of sp³-hybridized carbons (Fsp3) is 0.538. The van der Waals surface area contributed by atoms with Crippen molar-refractivity contribution < 1.29 is 36.0 Å². The number of fused-ring (bicyclic) bond motifs is 2. The van der Waals surface area contributed by atoms with Crippen LogP contribution in [0, 0.1) is 11.7 Å². The number of halogens is 5. The number of hydrogen-bond acceptors (Lipinski definition) is 4. The molecule has 0 aromatic heterocycles. The molecule has 192 valence electrons. The number of ether oxygens (including phenoxy) is 1. The largest absolute Gasteiger partial charge is 0.416 e. The topological polar surface area (TPSA) is 27.7 Å². The number of benzene rings is 2. The van der Waals surface area contributed by atoms with Crippen LogP contribution in [0.5, 0.6) is 0 Å². The van der Waals surface area contributed by atoms with Gasteiger partial charge in [-0.15, -0.1) is 12.4 Å². The fourth-order valence-corrected chi connectivity index (χ4v) is 4.22. The maximum Gasteiger partial charge on any atom is 0.416 e. The Kier molecular flexibility index (Phi) is 4.98. The Morgan fingerprint density at radius 1 is 1.09 bits per heavy atom. The smallest absolute Gasteiger partial charge is 0.385 e. The van der Waals surface area contributed by atoms with Gasteiger partial charge in [-0.2, -0.15) is 13.2 Å². The van der Waals surface area contributed by atoms with Crippen LogP contribution in [0.15, 0.2) is 42.5 Å². The van der Waals surface area contributed by atoms with Gasteiger partial charge in [0.2, 0.25) is 0 Å². The Morgan fingerprint density at radius 2 is 1.74 bits per heavy atom. The molecule has 2 aromatic rings. The van der Waals surface area contributed by atoms with Gasteiger partial charge in [-0.05, 0) is 67.4 Å². The maximum atomic E-state index is 15.2. The van der Waals surface area contributed by atoms with Crippen LogP contribution in [0.1, 0.15) is 49.1 Å². The van der Waals surface area contributed by atoms with Crippen molar-refractivity contribution in [1.29, 1.82) is 0 Å². The third-order valence-electron chi connectivity index (χ3n) is 5.99. The second kappa shape index (κ2) is 10.9. The van der Waals surface area contributed by atoms with E-state index in [1.807, 2.05) is 0 Å². The maximum absolute atomic E-state index is 15.2. The Bertz CT molecular complexity index is 1390. The number of anilines is 2. The lowest BCUT2D eigenvalue weighted by Gasteiger charge is -2.39. The summed E-state index contributed by atoms with van der Waals surface area (Å²) in [6, 6.07) is 1.81. The van der Waals surface area contributed by atoms with Crippen molar-refractivity contribution in [1.82, 2.24) is 4.90 Å². The molecule has 5 rings (SSSR count). The van der Waals surface area contributed by atoms with Crippen molar-refractivity contribution in [3.63, 3.8) is 0 Å². The molecule has 2 atom stereocenters. The van der Waals surface area contributed by atoms with E-state index >= 15 is 4.39 Å². The van der Waals surface area contributed by atoms with Crippen LogP contribution in [0.3, 0.4) is 0 Å². The minimum atomic E-state index is -4.63. The molecule has 0 amide bonds. The average molecular weight is 524 g/mol. The molecule has 3 saturated heterocycles. The minimum Gasteiger partial charge on any atom is -0.385 e. The highest BCUT2D eigenvalue weighted by molar-refractivity contribution is 5.85. The number of piperidine rings is 1. The van der Waals surface area contributed by atoms with Gasteiger partial charge in [0, 0.05) is 56.2 Å². The monoisotopic (exact) mass is 523 g/mol. The Hall–Kier alpha value is -2.03. The molecular formula is C26H32ClF4N3O. The van der Waals surface area contributed by atoms with Crippen molar-refractivity contribution >= 4 is 23.8 Å². The van der Waals surface area contributed by atoms with Crippen molar-refractivity contribution in [3.05, 3.63) is 59.4 Å². The second-order valence-electron chi connectivity index (χ2n) is 8.26. The van der Waals surface area contributed by atoms with E-state index in [0.29, 0.717) is 26.3 Å². The molecule has 35 heavy (non-hydrogen) atoms. The molecule has 3 aliphatic heterocycles. The van der Waals surface area contributed by atoms with E-state index in [2.05, 4.69) is 0 Å². The predicted molar refractivity (Wildman–Crippen MR) is 132 cm³/mol. The van der Waals surface area contributed by atoms with Crippen molar-refractivity contribution in [2.75, 3.05) is 43.0 Å². The summed E-state index contributed by atoms with van der Waals surface area (Å²) in [6.07, 6.45) is -12.4. The molecule has 0 saturated carbocycles. The molecule has 0 spiro atoms. The molecule has 3 fully saturated rings. The van der Waals surface area contributed by atoms with E-state index < -0.39 is 79.8 Å². The third-order valence-corrected chi connectivity index (χ3v) is 5.99. The van der Waals surface area contributed by atoms with Gasteiger partial charge in [0.1, 0.15) is 5.82 Å². The molecule has 0 radical (unpaired) electrons. The predicted octanol–water partition coefficient (Wildman–Crippen LogP) is 5.96. The number of hydrogen-bond donors (Lipinski definition) is 1. The standard InChI is InChI=1S/C26H31F4N3O.ClH/c27-24-15-21(5-8-25(24)32-9-11-34-12-10-32)31-16-19-13-22-6-7-23(14-19)33(22)17-18-1-3-20(4-2-18)26(28,29)30;/h1-5,8,15,19,22-23,31H,6-7,9-14,16-17H2;1H/i13D2,14D2,16D2,19D,22D,23D;/hD. The molecule has 2 unspecified atom stereocenters. The second-order valence-corrected chi connectivity index (χ2v) is 8.26. The normalized spacial score (nSPS) is 38.6. The first-order valence-electron chi connectivity index (χ1n) is 16.0. The molecule has 3 aliphatic rings. The third kappa shape index (κ3) is 6.04. The van der Waals surface area contributed by atoms with Gasteiger partial charge >= 0.3 is 6.18 Å². The quantitative estimate of drug-likeness (QED) is 0.473. The molecule has 2 aromatic carbocycles. The summed E-state index contributed by atoms with van der Waals surface area (Å²) in [5.74, 6) is -4.44. The highest BCUT2D eigenvalue weighted by Gasteiger charge is 2.40. The number of nitrogens with zero attached hydrogens (tertiary/aromatic N) is 2. The van der Waals surface area contributed by atoms with E-state index in [9.17, 15) is 14.5 Å². The zero-order valence-corrected chi connectivity index (χ0v) is 19.5. The minimum absolute atomic E-state index is 0. The number of nitrogens with one attached hydrogen (secondary N) is 1. The average Bonchev–Trinajstić information content (AvgIpc) is 3.22. The number of alkyl halides is 3. The number of rotatable bonds is 6. The zero-order chi connectivity index (χ0) is 32.7. The molecule has 9 heteroatoms. The van der Waals surface area contributed by atoms with Gasteiger partial charge in [0.05, 0.1) is 24.5 Å². The van der Waals surface area contributed by atoms with E-state index in [4.69, 9.17) is 17.1 Å². The molecule has 2 bridgehead atoms. The van der Waals surface area contributed by atoms with Crippen LogP contribution in [0.4, 0.5) is 28.9 Å². The lowest BCUT2D eigenvalue weighted by Crippen LogP contribution is -2.43. The first-order chi connectivity index (χ1) is 20.2. The van der Waals surface area contributed by atoms with E-state index in [-0.39, 0.29) is 29.0 Å². The molecule has 0 aliphatic carbocycles. The van der Waals surface area contributed by atoms with E-state index in [1.54, 1.807) is 4.90 Å². The van der Waals surface area contributed by atoms with Crippen LogP contribution in [-0.4, -0.2) is 49.7 Å². The molecular weight excluding hydrogens is 482 g/mol. The number of morpholine rings is 1. The van der Waals surface area contributed by atoms with Crippen LogP contribution in [-0.2, 0) is 17.5 Å². The van der Waals surface area contributed by atoms with Crippen LogP contribution in [0.25, 0.3) is 0 Å². The fourth-order valence-electron chi connectivity index (χ4n) is 4.22. The molecule has 1 N–H and O–H groups in total. The SMILES string of the molecule is Cl.[2H]N(c1ccc(N2CCOCC2)c(F)c1)C([2H])([2H])C1([2H])C([2H])([2H])C2([2H])CCC([2H])(N2Cc2ccc(C(F)(F)F)cc2)C1([2H])[2H]. The van der Waals surface area contributed by atoms with Gasteiger partial charge < -0.3 is 14.9 Å². The lowest BCUT2D eigenvalue weighted by molar-refractivity contribution is -0.137.